The predicted octanol–water partition coefficient (Wildman–Crippen LogP) is 2.23. The SMILES string of the molecule is CC(C)C(NC(=O)c1ccc(Cl)cc1)C(=O)NCCNC(=O)c1ccco1. The van der Waals surface area contributed by atoms with Gasteiger partial charge in [-0.25, -0.2) is 0 Å². The minimum atomic E-state index is -0.700. The largest absolute Gasteiger partial charge is 0.459 e. The Morgan fingerprint density at radius 3 is 2.26 bits per heavy atom. The second-order valence-corrected chi connectivity index (χ2v) is 6.66. The highest BCUT2D eigenvalue weighted by atomic mass is 35.5. The lowest BCUT2D eigenvalue weighted by Crippen LogP contribution is -2.50. The number of carbonyl (C=O) groups excluding carboxylic acids is 3. The summed E-state index contributed by atoms with van der Waals surface area (Å²) < 4.78 is 4.98. The van der Waals surface area contributed by atoms with Gasteiger partial charge in [0, 0.05) is 23.7 Å². The Morgan fingerprint density at radius 1 is 1.00 bits per heavy atom. The van der Waals surface area contributed by atoms with Gasteiger partial charge in [0.25, 0.3) is 11.8 Å². The highest BCUT2D eigenvalue weighted by molar-refractivity contribution is 6.30. The molecule has 0 aliphatic rings. The lowest BCUT2D eigenvalue weighted by atomic mass is 10.0. The lowest BCUT2D eigenvalue weighted by Gasteiger charge is -2.21. The van der Waals surface area contributed by atoms with Gasteiger partial charge in [-0.1, -0.05) is 25.4 Å². The van der Waals surface area contributed by atoms with Crippen LogP contribution in [0.3, 0.4) is 0 Å². The summed E-state index contributed by atoms with van der Waals surface area (Å²) in [7, 11) is 0. The third-order valence-electron chi connectivity index (χ3n) is 3.80. The summed E-state index contributed by atoms with van der Waals surface area (Å²) in [5.41, 5.74) is 0.420. The molecular weight excluding hydrogens is 370 g/mol. The normalized spacial score (nSPS) is 11.7. The Kier molecular flexibility index (Phi) is 7.43. The van der Waals surface area contributed by atoms with Crippen molar-refractivity contribution < 1.29 is 18.8 Å². The molecule has 1 aromatic carbocycles. The van der Waals surface area contributed by atoms with Crippen molar-refractivity contribution in [3.8, 4) is 0 Å². The van der Waals surface area contributed by atoms with E-state index in [9.17, 15) is 14.4 Å². The van der Waals surface area contributed by atoms with Crippen LogP contribution in [-0.4, -0.2) is 36.9 Å². The Bertz CT molecular complexity index is 773. The molecular formula is C19H22ClN3O4. The van der Waals surface area contributed by atoms with E-state index in [2.05, 4.69) is 16.0 Å². The van der Waals surface area contributed by atoms with E-state index in [1.165, 1.54) is 6.26 Å². The van der Waals surface area contributed by atoms with Crippen molar-refractivity contribution in [2.45, 2.75) is 19.9 Å². The van der Waals surface area contributed by atoms with Crippen molar-refractivity contribution in [3.63, 3.8) is 0 Å². The van der Waals surface area contributed by atoms with Crippen LogP contribution in [0, 0.1) is 5.92 Å². The van der Waals surface area contributed by atoms with E-state index in [-0.39, 0.29) is 42.5 Å². The van der Waals surface area contributed by atoms with Crippen LogP contribution in [0.5, 0.6) is 0 Å². The molecule has 1 heterocycles. The third-order valence-corrected chi connectivity index (χ3v) is 4.05. The number of hydrogen-bond donors (Lipinski definition) is 3. The number of furan rings is 1. The first kappa shape index (κ1) is 20.5. The molecule has 1 unspecified atom stereocenters. The van der Waals surface area contributed by atoms with Crippen LogP contribution in [0.25, 0.3) is 0 Å². The molecule has 0 fully saturated rings. The Morgan fingerprint density at radius 2 is 1.67 bits per heavy atom. The molecule has 0 radical (unpaired) electrons. The summed E-state index contributed by atoms with van der Waals surface area (Å²) in [5.74, 6) is -0.938. The van der Waals surface area contributed by atoms with Gasteiger partial charge >= 0.3 is 0 Å². The number of hydrogen-bond acceptors (Lipinski definition) is 4. The number of carbonyl (C=O) groups is 3. The highest BCUT2D eigenvalue weighted by Gasteiger charge is 2.24. The summed E-state index contributed by atoms with van der Waals surface area (Å²) in [5, 5.41) is 8.60. The number of halogens is 1. The molecule has 1 atom stereocenters. The zero-order chi connectivity index (χ0) is 19.8. The number of nitrogens with one attached hydrogen (secondary N) is 3. The van der Waals surface area contributed by atoms with Crippen LogP contribution in [0.1, 0.15) is 34.8 Å². The standard InChI is InChI=1S/C19H22ClN3O4/c1-12(2)16(23-17(24)13-5-7-14(20)8-6-13)19(26)22-10-9-21-18(25)15-4-3-11-27-15/h3-8,11-12,16H,9-10H2,1-2H3,(H,21,25)(H,22,26)(H,23,24). The molecule has 0 saturated carbocycles. The van der Waals surface area contributed by atoms with Crippen molar-refractivity contribution in [2.75, 3.05) is 13.1 Å². The molecule has 0 aliphatic heterocycles. The predicted molar refractivity (Wildman–Crippen MR) is 102 cm³/mol. The van der Waals surface area contributed by atoms with Crippen LogP contribution in [0.4, 0.5) is 0 Å². The molecule has 0 saturated heterocycles. The zero-order valence-corrected chi connectivity index (χ0v) is 15.9. The van der Waals surface area contributed by atoms with E-state index in [0.717, 1.165) is 0 Å². The smallest absolute Gasteiger partial charge is 0.287 e. The fraction of sp³-hybridized carbons (Fsp3) is 0.316. The summed E-state index contributed by atoms with van der Waals surface area (Å²) in [6, 6.07) is 8.89. The Labute approximate surface area is 162 Å². The van der Waals surface area contributed by atoms with Gasteiger partial charge < -0.3 is 20.4 Å². The van der Waals surface area contributed by atoms with Crippen LogP contribution < -0.4 is 16.0 Å². The maximum Gasteiger partial charge on any atom is 0.287 e. The highest BCUT2D eigenvalue weighted by Crippen LogP contribution is 2.10. The molecule has 2 rings (SSSR count). The molecule has 27 heavy (non-hydrogen) atoms. The van der Waals surface area contributed by atoms with Crippen LogP contribution in [-0.2, 0) is 4.79 Å². The Hall–Kier alpha value is -2.80. The maximum atomic E-state index is 12.4. The average Bonchev–Trinajstić information content (AvgIpc) is 3.17. The quantitative estimate of drug-likeness (QED) is 0.601. The summed E-state index contributed by atoms with van der Waals surface area (Å²) in [4.78, 5) is 36.5. The van der Waals surface area contributed by atoms with Gasteiger partial charge in [-0.15, -0.1) is 0 Å². The van der Waals surface area contributed by atoms with Crippen molar-refractivity contribution in [2.24, 2.45) is 5.92 Å². The van der Waals surface area contributed by atoms with Crippen LogP contribution in [0.15, 0.2) is 47.1 Å². The molecule has 2 aromatic rings. The van der Waals surface area contributed by atoms with Gasteiger partial charge in [0.2, 0.25) is 5.91 Å². The van der Waals surface area contributed by atoms with Gasteiger partial charge in [-0.3, -0.25) is 14.4 Å². The molecule has 144 valence electrons. The second kappa shape index (κ2) is 9.78. The summed E-state index contributed by atoms with van der Waals surface area (Å²) >= 11 is 5.82. The summed E-state index contributed by atoms with van der Waals surface area (Å²) in [6.45, 7) is 4.14. The van der Waals surface area contributed by atoms with Gasteiger partial charge in [-0.05, 0) is 42.3 Å². The topological polar surface area (TPSA) is 100 Å². The molecule has 0 spiro atoms. The van der Waals surface area contributed by atoms with Crippen LogP contribution >= 0.6 is 11.6 Å². The van der Waals surface area contributed by atoms with E-state index in [0.29, 0.717) is 10.6 Å². The third kappa shape index (κ3) is 6.14. The van der Waals surface area contributed by atoms with Gasteiger partial charge in [0.05, 0.1) is 6.26 Å². The Balaban J connectivity index is 1.82. The molecule has 7 nitrogen and oxygen atoms in total. The first-order chi connectivity index (χ1) is 12.9. The minimum absolute atomic E-state index is 0.112. The molecule has 8 heteroatoms. The van der Waals surface area contributed by atoms with E-state index < -0.39 is 6.04 Å². The van der Waals surface area contributed by atoms with E-state index in [1.54, 1.807) is 36.4 Å². The van der Waals surface area contributed by atoms with E-state index in [1.807, 2.05) is 13.8 Å². The molecule has 3 amide bonds. The number of amides is 3. The summed E-state index contributed by atoms with van der Waals surface area (Å²) in [6.07, 6.45) is 1.41. The van der Waals surface area contributed by atoms with Crippen molar-refractivity contribution in [1.82, 2.24) is 16.0 Å². The van der Waals surface area contributed by atoms with E-state index in [4.69, 9.17) is 16.0 Å². The zero-order valence-electron chi connectivity index (χ0n) is 15.1. The van der Waals surface area contributed by atoms with Crippen molar-refractivity contribution >= 4 is 29.3 Å². The monoisotopic (exact) mass is 391 g/mol. The molecule has 0 aliphatic carbocycles. The van der Waals surface area contributed by atoms with Gasteiger partial charge in [-0.2, -0.15) is 0 Å². The molecule has 1 aromatic heterocycles. The number of rotatable bonds is 8. The second-order valence-electron chi connectivity index (χ2n) is 6.23. The molecule has 3 N–H and O–H groups in total. The molecule has 0 bridgehead atoms. The van der Waals surface area contributed by atoms with Crippen molar-refractivity contribution in [3.05, 3.63) is 59.0 Å². The minimum Gasteiger partial charge on any atom is -0.459 e. The van der Waals surface area contributed by atoms with Gasteiger partial charge in [0.1, 0.15) is 6.04 Å². The average molecular weight is 392 g/mol. The maximum absolute atomic E-state index is 12.4. The fourth-order valence-electron chi connectivity index (χ4n) is 2.33. The fourth-order valence-corrected chi connectivity index (χ4v) is 2.45. The van der Waals surface area contributed by atoms with E-state index >= 15 is 0 Å². The lowest BCUT2D eigenvalue weighted by molar-refractivity contribution is -0.123. The first-order valence-corrected chi connectivity index (χ1v) is 8.92. The first-order valence-electron chi connectivity index (χ1n) is 8.54. The number of benzene rings is 1. The van der Waals surface area contributed by atoms with Crippen LogP contribution in [0.2, 0.25) is 5.02 Å². The van der Waals surface area contributed by atoms with Gasteiger partial charge in [0.15, 0.2) is 5.76 Å². The van der Waals surface area contributed by atoms with Crippen molar-refractivity contribution in [1.29, 1.82) is 0 Å².